The van der Waals surface area contributed by atoms with E-state index in [0.717, 1.165) is 35.5 Å². The van der Waals surface area contributed by atoms with Crippen molar-refractivity contribution in [3.05, 3.63) is 0 Å². The summed E-state index contributed by atoms with van der Waals surface area (Å²) in [4.78, 5) is 0. The van der Waals surface area contributed by atoms with E-state index in [1.165, 1.54) is 12.8 Å². The van der Waals surface area contributed by atoms with Gasteiger partial charge in [0.25, 0.3) is 0 Å². The molecule has 0 aromatic heterocycles. The monoisotopic (exact) mass is 136 g/mol. The highest BCUT2D eigenvalue weighted by Crippen LogP contribution is 2.80. The molecule has 1 heteroatoms. The molecule has 0 aromatic rings. The molecule has 0 saturated heterocycles. The van der Waals surface area contributed by atoms with Crippen LogP contribution >= 0.6 is 0 Å². The van der Waals surface area contributed by atoms with Crippen LogP contribution in [0.5, 0.6) is 0 Å². The van der Waals surface area contributed by atoms with Crippen molar-refractivity contribution in [1.82, 2.24) is 0 Å². The number of aliphatic hydroxyl groups excluding tert-OH is 1. The van der Waals surface area contributed by atoms with Crippen molar-refractivity contribution in [2.45, 2.75) is 18.9 Å². The van der Waals surface area contributed by atoms with Gasteiger partial charge in [-0.15, -0.1) is 0 Å². The summed E-state index contributed by atoms with van der Waals surface area (Å²) in [5.74, 6) is 5.72. The molecule has 5 fully saturated rings. The van der Waals surface area contributed by atoms with E-state index in [-0.39, 0.29) is 6.10 Å². The van der Waals surface area contributed by atoms with Gasteiger partial charge in [-0.3, -0.25) is 0 Å². The molecule has 0 spiro atoms. The highest BCUT2D eigenvalue weighted by atomic mass is 16.3. The lowest BCUT2D eigenvalue weighted by Gasteiger charge is -2.28. The fourth-order valence-electron chi connectivity index (χ4n) is 4.46. The van der Waals surface area contributed by atoms with E-state index >= 15 is 0 Å². The van der Waals surface area contributed by atoms with Crippen LogP contribution in [0.2, 0.25) is 0 Å². The molecule has 1 N–H and O–H groups in total. The largest absolute Gasteiger partial charge is 0.393 e. The smallest absolute Gasteiger partial charge is 0.0602 e. The molecule has 0 aromatic carbocycles. The standard InChI is InChI=1S/C9H12O/c10-9-3-1-4-5(2-3)7-6(4)8(7)9/h3-10H,1-2H2/t3?,4-,5+,6-,7+,8?,9-/m0/s1. The first-order valence-electron chi connectivity index (χ1n) is 4.56. The third kappa shape index (κ3) is 0.268. The molecule has 54 valence electrons. The topological polar surface area (TPSA) is 20.2 Å². The second-order valence-corrected chi connectivity index (χ2v) is 4.78. The van der Waals surface area contributed by atoms with Gasteiger partial charge in [-0.25, -0.2) is 0 Å². The Morgan fingerprint density at radius 3 is 2.10 bits per heavy atom. The molecular formula is C9H12O. The molecule has 5 aliphatic carbocycles. The van der Waals surface area contributed by atoms with Crippen molar-refractivity contribution in [2.75, 3.05) is 0 Å². The molecule has 5 saturated carbocycles. The lowest BCUT2D eigenvalue weighted by Crippen LogP contribution is -2.25. The molecule has 0 heterocycles. The summed E-state index contributed by atoms with van der Waals surface area (Å²) in [7, 11) is 0. The summed E-state index contributed by atoms with van der Waals surface area (Å²) in [6, 6.07) is 0. The average molecular weight is 136 g/mol. The summed E-state index contributed by atoms with van der Waals surface area (Å²) in [5, 5.41) is 9.72. The maximum absolute atomic E-state index is 9.72. The highest BCUT2D eigenvalue weighted by Gasteiger charge is 2.77. The predicted molar refractivity (Wildman–Crippen MR) is 36.2 cm³/mol. The fourth-order valence-corrected chi connectivity index (χ4v) is 4.46. The minimum atomic E-state index is 0.130. The molecule has 4 bridgehead atoms. The fraction of sp³-hybridized carbons (Fsp3) is 1.00. The lowest BCUT2D eigenvalue weighted by molar-refractivity contribution is 0.0608. The Balaban J connectivity index is 1.88. The summed E-state index contributed by atoms with van der Waals surface area (Å²) < 4.78 is 0. The van der Waals surface area contributed by atoms with Crippen LogP contribution in [0.15, 0.2) is 0 Å². The Morgan fingerprint density at radius 2 is 1.50 bits per heavy atom. The van der Waals surface area contributed by atoms with Crippen molar-refractivity contribution in [3.8, 4) is 0 Å². The average Bonchev–Trinajstić information content (AvgIpc) is 2.54. The van der Waals surface area contributed by atoms with Gasteiger partial charge in [-0.05, 0) is 48.3 Å². The number of hydrogen-bond donors (Lipinski definition) is 1. The van der Waals surface area contributed by atoms with Crippen LogP contribution in [0.25, 0.3) is 0 Å². The Morgan fingerprint density at radius 1 is 0.900 bits per heavy atom. The van der Waals surface area contributed by atoms with Gasteiger partial charge in [-0.1, -0.05) is 0 Å². The van der Waals surface area contributed by atoms with Crippen LogP contribution < -0.4 is 0 Å². The molecule has 2 unspecified atom stereocenters. The molecule has 10 heavy (non-hydrogen) atoms. The Hall–Kier alpha value is -0.0400. The molecule has 0 radical (unpaired) electrons. The van der Waals surface area contributed by atoms with Crippen molar-refractivity contribution in [3.63, 3.8) is 0 Å². The van der Waals surface area contributed by atoms with Gasteiger partial charge in [0.2, 0.25) is 0 Å². The second kappa shape index (κ2) is 1.08. The number of aliphatic hydroxyl groups is 1. The minimum Gasteiger partial charge on any atom is -0.393 e. The Bertz CT molecular complexity index is 193. The van der Waals surface area contributed by atoms with Gasteiger partial charge in [0.15, 0.2) is 0 Å². The quantitative estimate of drug-likeness (QED) is 0.524. The van der Waals surface area contributed by atoms with Crippen molar-refractivity contribution >= 4 is 0 Å². The van der Waals surface area contributed by atoms with Crippen LogP contribution in [0.1, 0.15) is 12.8 Å². The van der Waals surface area contributed by atoms with Crippen molar-refractivity contribution < 1.29 is 5.11 Å². The number of hydrogen-bond acceptors (Lipinski definition) is 1. The van der Waals surface area contributed by atoms with Crippen LogP contribution in [0, 0.1) is 35.5 Å². The number of rotatable bonds is 0. The van der Waals surface area contributed by atoms with Crippen molar-refractivity contribution in [1.29, 1.82) is 0 Å². The van der Waals surface area contributed by atoms with Crippen LogP contribution in [0.3, 0.4) is 0 Å². The van der Waals surface area contributed by atoms with Gasteiger partial charge in [-0.2, -0.15) is 0 Å². The first kappa shape index (κ1) is 4.76. The highest BCUT2D eigenvalue weighted by molar-refractivity contribution is 5.25. The van der Waals surface area contributed by atoms with E-state index in [9.17, 15) is 5.11 Å². The molecule has 0 aliphatic heterocycles. The maximum atomic E-state index is 9.72. The molecule has 1 nitrogen and oxygen atoms in total. The van der Waals surface area contributed by atoms with Crippen LogP contribution in [-0.2, 0) is 0 Å². The molecule has 0 amide bonds. The third-order valence-corrected chi connectivity index (χ3v) is 4.76. The third-order valence-electron chi connectivity index (χ3n) is 4.76. The molecule has 5 rings (SSSR count). The summed E-state index contributed by atoms with van der Waals surface area (Å²) >= 11 is 0. The second-order valence-electron chi connectivity index (χ2n) is 4.78. The van der Waals surface area contributed by atoms with E-state index in [4.69, 9.17) is 0 Å². The van der Waals surface area contributed by atoms with Crippen LogP contribution in [-0.4, -0.2) is 11.2 Å². The van der Waals surface area contributed by atoms with Crippen LogP contribution in [0.4, 0.5) is 0 Å². The van der Waals surface area contributed by atoms with E-state index < -0.39 is 0 Å². The van der Waals surface area contributed by atoms with Crippen molar-refractivity contribution in [2.24, 2.45) is 35.5 Å². The van der Waals surface area contributed by atoms with Gasteiger partial charge in [0.1, 0.15) is 0 Å². The summed E-state index contributed by atoms with van der Waals surface area (Å²) in [6.45, 7) is 0. The molecular weight excluding hydrogens is 124 g/mol. The SMILES string of the molecule is O[C@H]1C2C[C@@H]3[C@H](C2)[C@@H]2C1[C@H]32. The Kier molecular flexibility index (Phi) is 0.513. The summed E-state index contributed by atoms with van der Waals surface area (Å²) in [6.07, 6.45) is 2.89. The zero-order valence-corrected chi connectivity index (χ0v) is 5.90. The first-order chi connectivity index (χ1) is 4.88. The maximum Gasteiger partial charge on any atom is 0.0602 e. The Labute approximate surface area is 60.4 Å². The minimum absolute atomic E-state index is 0.130. The molecule has 7 atom stereocenters. The normalized spacial score (nSPS) is 80.7. The van der Waals surface area contributed by atoms with E-state index in [2.05, 4.69) is 0 Å². The van der Waals surface area contributed by atoms with Gasteiger partial charge >= 0.3 is 0 Å². The van der Waals surface area contributed by atoms with E-state index in [0.29, 0.717) is 0 Å². The van der Waals surface area contributed by atoms with Gasteiger partial charge in [0, 0.05) is 0 Å². The molecule has 5 aliphatic rings. The summed E-state index contributed by atoms with van der Waals surface area (Å²) in [5.41, 5.74) is 0. The zero-order chi connectivity index (χ0) is 6.46. The first-order valence-corrected chi connectivity index (χ1v) is 4.56. The van der Waals surface area contributed by atoms with Gasteiger partial charge < -0.3 is 5.11 Å². The van der Waals surface area contributed by atoms with Gasteiger partial charge in [0.05, 0.1) is 6.10 Å². The van der Waals surface area contributed by atoms with E-state index in [1.54, 1.807) is 0 Å². The van der Waals surface area contributed by atoms with E-state index in [1.807, 2.05) is 0 Å². The lowest BCUT2D eigenvalue weighted by atomic mass is 9.77. The predicted octanol–water partition coefficient (Wildman–Crippen LogP) is 0.879. The zero-order valence-electron chi connectivity index (χ0n) is 5.90.